The number of ether oxygens (including phenoxy) is 1. The Balaban J connectivity index is 1.08. The van der Waals surface area contributed by atoms with Crippen molar-refractivity contribution >= 4 is 22.4 Å². The van der Waals surface area contributed by atoms with Crippen LogP contribution < -0.4 is 10.2 Å². The molecule has 6 heterocycles. The Morgan fingerprint density at radius 1 is 0.976 bits per heavy atom. The second-order valence-corrected chi connectivity index (χ2v) is 11.8. The van der Waals surface area contributed by atoms with Crippen molar-refractivity contribution in [3.05, 3.63) is 71.9 Å². The molecule has 0 atom stereocenters. The molecule has 9 heteroatoms. The van der Waals surface area contributed by atoms with Crippen LogP contribution in [0.3, 0.4) is 0 Å². The van der Waals surface area contributed by atoms with E-state index >= 15 is 0 Å². The van der Waals surface area contributed by atoms with Crippen molar-refractivity contribution in [3.63, 3.8) is 0 Å². The van der Waals surface area contributed by atoms with Gasteiger partial charge in [0.2, 0.25) is 0 Å². The minimum absolute atomic E-state index is 0.0633. The van der Waals surface area contributed by atoms with Crippen LogP contribution in [-0.2, 0) is 24.8 Å². The monoisotopic (exact) mass is 551 g/mol. The van der Waals surface area contributed by atoms with E-state index in [2.05, 4.69) is 48.4 Å². The van der Waals surface area contributed by atoms with Crippen molar-refractivity contribution in [3.8, 4) is 11.1 Å². The number of nitrogens with zero attached hydrogens (tertiary/aromatic N) is 6. The minimum Gasteiger partial charge on any atom is -0.379 e. The fraction of sp³-hybridized carbons (Fsp3) is 0.438. The van der Waals surface area contributed by atoms with Gasteiger partial charge in [-0.15, -0.1) is 0 Å². The molecule has 3 aliphatic rings. The summed E-state index contributed by atoms with van der Waals surface area (Å²) in [5.74, 6) is 0.965. The highest BCUT2D eigenvalue weighted by atomic mass is 16.5. The number of piperidine rings is 1. The summed E-state index contributed by atoms with van der Waals surface area (Å²) in [5.41, 5.74) is 5.40. The maximum atomic E-state index is 13.3. The molecular weight excluding hydrogens is 514 g/mol. The Bertz CT molecular complexity index is 1560. The zero-order valence-electron chi connectivity index (χ0n) is 23.7. The number of carbonyl (C=O) groups excluding carboxylic acids is 1. The Labute approximate surface area is 240 Å². The lowest BCUT2D eigenvalue weighted by Crippen LogP contribution is -2.58. The van der Waals surface area contributed by atoms with E-state index in [-0.39, 0.29) is 12.2 Å². The van der Waals surface area contributed by atoms with Gasteiger partial charge in [0.25, 0.3) is 0 Å². The first-order valence-corrected chi connectivity index (χ1v) is 14.7. The highest BCUT2D eigenvalue weighted by Gasteiger charge is 2.39. The van der Waals surface area contributed by atoms with Crippen molar-refractivity contribution < 1.29 is 9.53 Å². The van der Waals surface area contributed by atoms with Gasteiger partial charge < -0.3 is 15.0 Å². The molecule has 9 nitrogen and oxygen atoms in total. The number of nitrogens with one attached hydrogen (secondary N) is 1. The molecular formula is C32H37N7O2. The van der Waals surface area contributed by atoms with Gasteiger partial charge in [0, 0.05) is 87.5 Å². The maximum Gasteiger partial charge on any atom is 0.169 e. The quantitative estimate of drug-likeness (QED) is 0.350. The minimum atomic E-state index is 0.0633. The van der Waals surface area contributed by atoms with E-state index in [9.17, 15) is 4.79 Å². The molecule has 1 spiro atoms. The second-order valence-electron chi connectivity index (χ2n) is 11.8. The number of anilines is 1. The number of fused-ring (bicyclic) bond motifs is 1. The number of hydrogen-bond acceptors (Lipinski definition) is 8. The van der Waals surface area contributed by atoms with E-state index in [1.54, 1.807) is 6.20 Å². The number of rotatable bonds is 7. The number of aryl methyl sites for hydroxylation is 1. The summed E-state index contributed by atoms with van der Waals surface area (Å²) < 4.78 is 7.50. The Kier molecular flexibility index (Phi) is 7.02. The van der Waals surface area contributed by atoms with Gasteiger partial charge in [-0.25, -0.2) is 4.98 Å². The summed E-state index contributed by atoms with van der Waals surface area (Å²) in [4.78, 5) is 27.3. The first-order valence-electron chi connectivity index (χ1n) is 14.7. The van der Waals surface area contributed by atoms with Gasteiger partial charge in [0.1, 0.15) is 5.82 Å². The Hall–Kier alpha value is -3.66. The Morgan fingerprint density at radius 3 is 2.59 bits per heavy atom. The number of carbonyl (C=O) groups is 1. The van der Waals surface area contributed by atoms with E-state index in [0.717, 1.165) is 92.4 Å². The molecule has 3 fully saturated rings. The molecule has 1 N–H and O–H groups in total. The first kappa shape index (κ1) is 26.3. The number of pyridine rings is 2. The molecule has 0 saturated carbocycles. The van der Waals surface area contributed by atoms with E-state index in [0.29, 0.717) is 11.0 Å². The SMILES string of the molecule is Cn1ncc(-c2ccc3cnc(CC(=O)c4ccnc(N5CCC6(CC5)CNC6)c4)cc3c2)c1CN1CCOCC1. The van der Waals surface area contributed by atoms with Crippen LogP contribution >= 0.6 is 0 Å². The lowest BCUT2D eigenvalue weighted by molar-refractivity contribution is 0.0332. The average Bonchev–Trinajstić information content (AvgIpc) is 3.36. The van der Waals surface area contributed by atoms with Crippen LogP contribution in [0.4, 0.5) is 5.82 Å². The number of hydrogen-bond donors (Lipinski definition) is 1. The van der Waals surface area contributed by atoms with Crippen molar-refractivity contribution in [2.75, 3.05) is 57.4 Å². The highest BCUT2D eigenvalue weighted by molar-refractivity contribution is 5.98. The zero-order valence-corrected chi connectivity index (χ0v) is 23.7. The third kappa shape index (κ3) is 5.37. The molecule has 3 saturated heterocycles. The molecule has 0 bridgehead atoms. The number of ketones is 1. The fourth-order valence-corrected chi connectivity index (χ4v) is 6.39. The number of morpholine rings is 1. The predicted molar refractivity (Wildman–Crippen MR) is 159 cm³/mol. The van der Waals surface area contributed by atoms with Crippen molar-refractivity contribution in [2.24, 2.45) is 12.5 Å². The van der Waals surface area contributed by atoms with E-state index in [4.69, 9.17) is 4.74 Å². The third-order valence-electron chi connectivity index (χ3n) is 9.19. The number of Topliss-reactive ketones (excluding diaryl/α,β-unsaturated/α-hetero) is 1. The zero-order chi connectivity index (χ0) is 27.8. The van der Waals surface area contributed by atoms with Gasteiger partial charge in [0.15, 0.2) is 5.78 Å². The largest absolute Gasteiger partial charge is 0.379 e. The lowest BCUT2D eigenvalue weighted by Gasteiger charge is -2.48. The molecule has 0 amide bonds. The average molecular weight is 552 g/mol. The number of benzene rings is 1. The van der Waals surface area contributed by atoms with E-state index < -0.39 is 0 Å². The molecule has 212 valence electrons. The van der Waals surface area contributed by atoms with Gasteiger partial charge in [-0.2, -0.15) is 5.10 Å². The van der Waals surface area contributed by atoms with Gasteiger partial charge in [0.05, 0.1) is 31.5 Å². The van der Waals surface area contributed by atoms with Gasteiger partial charge in [-0.05, 0) is 53.5 Å². The molecule has 1 aromatic carbocycles. The lowest BCUT2D eigenvalue weighted by atomic mass is 9.73. The third-order valence-corrected chi connectivity index (χ3v) is 9.19. The van der Waals surface area contributed by atoms with Gasteiger partial charge in [-0.1, -0.05) is 12.1 Å². The summed E-state index contributed by atoms with van der Waals surface area (Å²) >= 11 is 0. The van der Waals surface area contributed by atoms with Crippen molar-refractivity contribution in [2.45, 2.75) is 25.8 Å². The van der Waals surface area contributed by atoms with Crippen LogP contribution in [0.25, 0.3) is 21.9 Å². The van der Waals surface area contributed by atoms with E-state index in [1.807, 2.05) is 42.3 Å². The Morgan fingerprint density at radius 2 is 1.80 bits per heavy atom. The molecule has 4 aromatic rings. The van der Waals surface area contributed by atoms with Crippen LogP contribution in [0.2, 0.25) is 0 Å². The van der Waals surface area contributed by atoms with Crippen LogP contribution in [0.1, 0.15) is 34.6 Å². The topological polar surface area (TPSA) is 88.4 Å². The van der Waals surface area contributed by atoms with Crippen LogP contribution in [0, 0.1) is 5.41 Å². The summed E-state index contributed by atoms with van der Waals surface area (Å²) in [5, 5.41) is 10.1. The van der Waals surface area contributed by atoms with Crippen LogP contribution in [0.15, 0.2) is 55.0 Å². The molecule has 3 aliphatic heterocycles. The van der Waals surface area contributed by atoms with Gasteiger partial charge in [-0.3, -0.25) is 19.4 Å². The number of aromatic nitrogens is 4. The summed E-state index contributed by atoms with van der Waals surface area (Å²) in [6.45, 7) is 8.49. The molecule has 0 radical (unpaired) electrons. The van der Waals surface area contributed by atoms with Crippen molar-refractivity contribution in [1.82, 2.24) is 30.0 Å². The van der Waals surface area contributed by atoms with Gasteiger partial charge >= 0.3 is 0 Å². The highest BCUT2D eigenvalue weighted by Crippen LogP contribution is 2.36. The molecule has 7 rings (SSSR count). The van der Waals surface area contributed by atoms with Crippen LogP contribution in [0.5, 0.6) is 0 Å². The fourth-order valence-electron chi connectivity index (χ4n) is 6.39. The molecule has 41 heavy (non-hydrogen) atoms. The standard InChI is InChI=1S/C32H37N7O2/c1-37-29(20-38-10-12-41-13-11-38)28(19-36-37)23-2-3-25-18-35-27(15-26(25)14-23)17-30(40)24-4-7-34-31(16-24)39-8-5-32(6-9-39)21-33-22-32/h2-4,7,14-16,18-19,33H,5-6,8-13,17,20-22H2,1H3. The molecule has 0 aliphatic carbocycles. The summed E-state index contributed by atoms with van der Waals surface area (Å²) in [6.07, 6.45) is 8.20. The van der Waals surface area contributed by atoms with Crippen molar-refractivity contribution in [1.29, 1.82) is 0 Å². The summed E-state index contributed by atoms with van der Waals surface area (Å²) in [7, 11) is 2.01. The maximum absolute atomic E-state index is 13.3. The first-order chi connectivity index (χ1) is 20.1. The smallest absolute Gasteiger partial charge is 0.169 e. The second kappa shape index (κ2) is 11.0. The molecule has 3 aromatic heterocycles. The van der Waals surface area contributed by atoms with E-state index in [1.165, 1.54) is 18.5 Å². The summed E-state index contributed by atoms with van der Waals surface area (Å²) in [6, 6.07) is 12.3. The van der Waals surface area contributed by atoms with Crippen LogP contribution in [-0.4, -0.2) is 82.9 Å². The predicted octanol–water partition coefficient (Wildman–Crippen LogP) is 3.48. The normalized spacial score (nSPS) is 19.0. The molecule has 0 unspecified atom stereocenters.